The quantitative estimate of drug-likeness (QED) is 0.736. The summed E-state index contributed by atoms with van der Waals surface area (Å²) in [5, 5.41) is 0.345. The van der Waals surface area contributed by atoms with Gasteiger partial charge in [0.15, 0.2) is 11.5 Å². The molecule has 0 N–H and O–H groups in total. The molecule has 5 nitrogen and oxygen atoms in total. The molecule has 1 aromatic carbocycles. The number of halogens is 1. The highest BCUT2D eigenvalue weighted by Gasteiger charge is 2.13. The Morgan fingerprint density at radius 1 is 1.43 bits per heavy atom. The summed E-state index contributed by atoms with van der Waals surface area (Å²) in [6, 6.07) is 3.15. The number of aromatic nitrogens is 2. The van der Waals surface area contributed by atoms with Gasteiger partial charge in [-0.2, -0.15) is 0 Å². The second-order valence-electron chi connectivity index (χ2n) is 4.52. The number of methoxy groups -OCH3 is 1. The maximum Gasteiger partial charge on any atom is 0.180 e. The van der Waals surface area contributed by atoms with Gasteiger partial charge in [-0.15, -0.1) is 0 Å². The van der Waals surface area contributed by atoms with Crippen molar-refractivity contribution in [2.75, 3.05) is 7.11 Å². The van der Waals surface area contributed by atoms with Crippen LogP contribution >= 0.6 is 11.6 Å². The van der Waals surface area contributed by atoms with Gasteiger partial charge in [0.1, 0.15) is 12.9 Å². The zero-order valence-corrected chi connectivity index (χ0v) is 12.8. The van der Waals surface area contributed by atoms with Crippen LogP contribution in [0.3, 0.4) is 0 Å². The van der Waals surface area contributed by atoms with Gasteiger partial charge < -0.3 is 14.0 Å². The minimum Gasteiger partial charge on any atom is -0.493 e. The second-order valence-corrected chi connectivity index (χ2v) is 4.93. The number of benzene rings is 1. The van der Waals surface area contributed by atoms with Crippen LogP contribution in [0.1, 0.15) is 29.4 Å². The van der Waals surface area contributed by atoms with Gasteiger partial charge in [0.05, 0.1) is 30.4 Å². The predicted molar refractivity (Wildman–Crippen MR) is 80.2 cm³/mol. The summed E-state index contributed by atoms with van der Waals surface area (Å²) in [5.74, 6) is 0.861. The Morgan fingerprint density at radius 2 is 2.24 bits per heavy atom. The fourth-order valence-electron chi connectivity index (χ4n) is 2.00. The molecule has 0 saturated heterocycles. The molecular weight excluding hydrogens is 292 g/mol. The third kappa shape index (κ3) is 3.55. The molecule has 0 spiro atoms. The van der Waals surface area contributed by atoms with Gasteiger partial charge in [0, 0.05) is 12.1 Å². The number of nitrogens with zero attached hydrogens (tertiary/aromatic N) is 2. The summed E-state index contributed by atoms with van der Waals surface area (Å²) in [6.07, 6.45) is 5.27. The third-order valence-electron chi connectivity index (χ3n) is 3.02. The summed E-state index contributed by atoms with van der Waals surface area (Å²) < 4.78 is 13.0. The van der Waals surface area contributed by atoms with Crippen LogP contribution in [0.4, 0.5) is 0 Å². The molecule has 0 amide bonds. The summed E-state index contributed by atoms with van der Waals surface area (Å²) in [5.41, 5.74) is 1.40. The average molecular weight is 309 g/mol. The molecule has 21 heavy (non-hydrogen) atoms. The number of carbonyl (C=O) groups excluding carboxylic acids is 1. The number of ether oxygens (including phenoxy) is 2. The van der Waals surface area contributed by atoms with Crippen molar-refractivity contribution in [2.45, 2.75) is 26.5 Å². The Labute approximate surface area is 128 Å². The monoisotopic (exact) mass is 308 g/mol. The molecule has 0 aliphatic carbocycles. The van der Waals surface area contributed by atoms with Crippen molar-refractivity contribution >= 4 is 17.9 Å². The van der Waals surface area contributed by atoms with Crippen molar-refractivity contribution in [3.05, 3.63) is 40.9 Å². The van der Waals surface area contributed by atoms with Crippen molar-refractivity contribution in [1.82, 2.24) is 9.55 Å². The van der Waals surface area contributed by atoms with Gasteiger partial charge in [-0.3, -0.25) is 4.79 Å². The zero-order chi connectivity index (χ0) is 15.2. The first-order valence-corrected chi connectivity index (χ1v) is 7.01. The lowest BCUT2D eigenvalue weighted by molar-refractivity contribution is 0.112. The van der Waals surface area contributed by atoms with E-state index in [9.17, 15) is 4.79 Å². The molecule has 2 rings (SSSR count). The van der Waals surface area contributed by atoms with Gasteiger partial charge in [-0.1, -0.05) is 18.5 Å². The Hall–Kier alpha value is -2.01. The average Bonchev–Trinajstić information content (AvgIpc) is 2.93. The standard InChI is InChI=1S/C15H17ClN2O3/c1-3-4-18-10-17-7-12(18)9-21-15-13(16)5-11(8-19)6-14(15)20-2/h5-8,10H,3-4,9H2,1-2H3. The summed E-state index contributed by atoms with van der Waals surface area (Å²) >= 11 is 6.15. The minimum absolute atomic E-state index is 0.330. The SMILES string of the molecule is CCCn1cncc1COc1c(Cl)cc(C=O)cc1OC. The highest BCUT2D eigenvalue weighted by molar-refractivity contribution is 6.32. The Morgan fingerprint density at radius 3 is 2.90 bits per heavy atom. The van der Waals surface area contributed by atoms with Gasteiger partial charge in [-0.05, 0) is 18.6 Å². The fraction of sp³-hybridized carbons (Fsp3) is 0.333. The second kappa shape index (κ2) is 7.13. The lowest BCUT2D eigenvalue weighted by Gasteiger charge is -2.13. The lowest BCUT2D eigenvalue weighted by atomic mass is 10.2. The molecule has 0 aliphatic rings. The van der Waals surface area contributed by atoms with Gasteiger partial charge in [0.2, 0.25) is 0 Å². The number of carbonyl (C=O) groups is 1. The Balaban J connectivity index is 2.19. The number of imidazole rings is 1. The highest BCUT2D eigenvalue weighted by Crippen LogP contribution is 2.36. The van der Waals surface area contributed by atoms with E-state index in [2.05, 4.69) is 11.9 Å². The topological polar surface area (TPSA) is 53.4 Å². The molecule has 1 aromatic heterocycles. The fourth-order valence-corrected chi connectivity index (χ4v) is 2.28. The Kier molecular flexibility index (Phi) is 5.22. The predicted octanol–water partition coefficient (Wildman–Crippen LogP) is 3.35. The van der Waals surface area contributed by atoms with Gasteiger partial charge in [0.25, 0.3) is 0 Å². The van der Waals surface area contributed by atoms with E-state index in [1.807, 2.05) is 4.57 Å². The number of rotatable bonds is 7. The van der Waals surface area contributed by atoms with Crippen LogP contribution in [0.15, 0.2) is 24.7 Å². The van der Waals surface area contributed by atoms with Crippen LogP contribution in [0.25, 0.3) is 0 Å². The van der Waals surface area contributed by atoms with E-state index in [0.29, 0.717) is 35.0 Å². The van der Waals surface area contributed by atoms with E-state index in [-0.39, 0.29) is 0 Å². The van der Waals surface area contributed by atoms with E-state index >= 15 is 0 Å². The smallest absolute Gasteiger partial charge is 0.180 e. The van der Waals surface area contributed by atoms with E-state index in [1.165, 1.54) is 7.11 Å². The van der Waals surface area contributed by atoms with Crippen LogP contribution < -0.4 is 9.47 Å². The third-order valence-corrected chi connectivity index (χ3v) is 3.30. The van der Waals surface area contributed by atoms with Crippen LogP contribution in [0, 0.1) is 0 Å². The number of aryl methyl sites for hydroxylation is 1. The van der Waals surface area contributed by atoms with E-state index in [1.54, 1.807) is 24.7 Å². The molecule has 1 heterocycles. The molecule has 0 fully saturated rings. The summed E-state index contributed by atoms with van der Waals surface area (Å²) in [7, 11) is 1.51. The minimum atomic E-state index is 0.330. The van der Waals surface area contributed by atoms with Crippen molar-refractivity contribution in [2.24, 2.45) is 0 Å². The zero-order valence-electron chi connectivity index (χ0n) is 12.0. The largest absolute Gasteiger partial charge is 0.493 e. The van der Waals surface area contributed by atoms with Crippen molar-refractivity contribution in [1.29, 1.82) is 0 Å². The molecule has 0 radical (unpaired) electrons. The molecule has 0 atom stereocenters. The maximum absolute atomic E-state index is 10.8. The van der Waals surface area contributed by atoms with Crippen LogP contribution in [0.2, 0.25) is 5.02 Å². The first-order valence-electron chi connectivity index (χ1n) is 6.64. The normalized spacial score (nSPS) is 10.4. The molecule has 0 saturated carbocycles. The first-order chi connectivity index (χ1) is 10.2. The highest BCUT2D eigenvalue weighted by atomic mass is 35.5. The first kappa shape index (κ1) is 15.4. The summed E-state index contributed by atoms with van der Waals surface area (Å²) in [4.78, 5) is 15.0. The molecule has 0 bridgehead atoms. The van der Waals surface area contributed by atoms with E-state index < -0.39 is 0 Å². The van der Waals surface area contributed by atoms with Crippen molar-refractivity contribution in [3.63, 3.8) is 0 Å². The number of hydrogen-bond donors (Lipinski definition) is 0. The van der Waals surface area contributed by atoms with E-state index in [0.717, 1.165) is 18.7 Å². The molecular formula is C15H17ClN2O3. The lowest BCUT2D eigenvalue weighted by Crippen LogP contribution is -2.06. The van der Waals surface area contributed by atoms with Gasteiger partial charge >= 0.3 is 0 Å². The van der Waals surface area contributed by atoms with E-state index in [4.69, 9.17) is 21.1 Å². The molecule has 6 heteroatoms. The summed E-state index contributed by atoms with van der Waals surface area (Å²) in [6.45, 7) is 3.31. The van der Waals surface area contributed by atoms with Crippen LogP contribution in [-0.4, -0.2) is 22.9 Å². The molecule has 112 valence electrons. The van der Waals surface area contributed by atoms with Crippen molar-refractivity contribution < 1.29 is 14.3 Å². The Bertz CT molecular complexity index is 625. The number of aldehydes is 1. The molecule has 0 aliphatic heterocycles. The van der Waals surface area contributed by atoms with Gasteiger partial charge in [-0.25, -0.2) is 4.98 Å². The number of hydrogen-bond acceptors (Lipinski definition) is 4. The van der Waals surface area contributed by atoms with Crippen LogP contribution in [-0.2, 0) is 13.2 Å². The molecule has 2 aromatic rings. The van der Waals surface area contributed by atoms with Crippen LogP contribution in [0.5, 0.6) is 11.5 Å². The molecule has 0 unspecified atom stereocenters. The van der Waals surface area contributed by atoms with Crippen molar-refractivity contribution in [3.8, 4) is 11.5 Å². The maximum atomic E-state index is 10.8.